The molecule has 0 radical (unpaired) electrons. The molecule has 0 unspecified atom stereocenters. The summed E-state index contributed by atoms with van der Waals surface area (Å²) in [6.45, 7) is 7.63. The first kappa shape index (κ1) is 14.8. The van der Waals surface area contributed by atoms with E-state index >= 15 is 0 Å². The SMILES string of the molecule is CCN(CC)S(=O)(=O)N(C)C(C)(C)CO. The number of hydrogen-bond acceptors (Lipinski definition) is 3. The van der Waals surface area contributed by atoms with Gasteiger partial charge >= 0.3 is 0 Å². The van der Waals surface area contributed by atoms with Gasteiger partial charge in [0.2, 0.25) is 0 Å². The molecule has 5 nitrogen and oxygen atoms in total. The Kier molecular flexibility index (Phi) is 5.19. The minimum absolute atomic E-state index is 0.204. The molecule has 0 aromatic heterocycles. The third kappa shape index (κ3) is 3.14. The Morgan fingerprint density at radius 2 is 1.60 bits per heavy atom. The van der Waals surface area contributed by atoms with Crippen LogP contribution in [0.25, 0.3) is 0 Å². The van der Waals surface area contributed by atoms with E-state index in [1.807, 2.05) is 0 Å². The number of rotatable bonds is 6. The fourth-order valence-electron chi connectivity index (χ4n) is 1.13. The van der Waals surface area contributed by atoms with Gasteiger partial charge in [-0.3, -0.25) is 0 Å². The van der Waals surface area contributed by atoms with Crippen LogP contribution in [0.5, 0.6) is 0 Å². The van der Waals surface area contributed by atoms with Gasteiger partial charge in [0.05, 0.1) is 12.1 Å². The van der Waals surface area contributed by atoms with Crippen molar-refractivity contribution in [1.82, 2.24) is 8.61 Å². The summed E-state index contributed by atoms with van der Waals surface area (Å²) in [4.78, 5) is 0. The average molecular weight is 238 g/mol. The van der Waals surface area contributed by atoms with Crippen LogP contribution in [0.2, 0.25) is 0 Å². The van der Waals surface area contributed by atoms with Gasteiger partial charge in [0.15, 0.2) is 0 Å². The quantitative estimate of drug-likeness (QED) is 0.723. The second kappa shape index (κ2) is 5.25. The summed E-state index contributed by atoms with van der Waals surface area (Å²) in [6, 6.07) is 0. The number of aliphatic hydroxyl groups excluding tert-OH is 1. The van der Waals surface area contributed by atoms with Gasteiger partial charge in [0, 0.05) is 20.1 Å². The number of nitrogens with zero attached hydrogens (tertiary/aromatic N) is 2. The van der Waals surface area contributed by atoms with Gasteiger partial charge in [0.1, 0.15) is 0 Å². The van der Waals surface area contributed by atoms with Crippen LogP contribution in [-0.2, 0) is 10.2 Å². The molecule has 92 valence electrons. The van der Waals surface area contributed by atoms with Crippen molar-refractivity contribution < 1.29 is 13.5 Å². The molecule has 15 heavy (non-hydrogen) atoms. The maximum Gasteiger partial charge on any atom is 0.282 e. The summed E-state index contributed by atoms with van der Waals surface area (Å²) < 4.78 is 26.7. The minimum atomic E-state index is -3.46. The van der Waals surface area contributed by atoms with Crippen molar-refractivity contribution >= 4 is 10.2 Å². The van der Waals surface area contributed by atoms with Crippen molar-refractivity contribution in [2.24, 2.45) is 0 Å². The van der Waals surface area contributed by atoms with Crippen LogP contribution in [0, 0.1) is 0 Å². The molecule has 0 aliphatic heterocycles. The Labute approximate surface area is 92.9 Å². The summed E-state index contributed by atoms with van der Waals surface area (Å²) in [5, 5.41) is 9.13. The molecule has 0 amide bonds. The molecule has 0 heterocycles. The normalized spacial score (nSPS) is 13.9. The summed E-state index contributed by atoms with van der Waals surface area (Å²) in [5.41, 5.74) is -0.776. The van der Waals surface area contributed by atoms with Crippen LogP contribution >= 0.6 is 0 Å². The van der Waals surface area contributed by atoms with E-state index in [4.69, 9.17) is 5.11 Å². The zero-order chi connectivity index (χ0) is 12.3. The van der Waals surface area contributed by atoms with Crippen molar-refractivity contribution in [2.45, 2.75) is 33.2 Å². The van der Waals surface area contributed by atoms with Crippen molar-refractivity contribution in [2.75, 3.05) is 26.7 Å². The predicted octanol–water partition coefficient (Wildman–Crippen LogP) is 0.276. The van der Waals surface area contributed by atoms with Crippen LogP contribution in [-0.4, -0.2) is 54.4 Å². The molecule has 0 aliphatic carbocycles. The van der Waals surface area contributed by atoms with E-state index in [0.29, 0.717) is 13.1 Å². The second-order valence-electron chi connectivity index (χ2n) is 4.03. The fraction of sp³-hybridized carbons (Fsp3) is 1.00. The smallest absolute Gasteiger partial charge is 0.282 e. The first-order chi connectivity index (χ1) is 6.73. The lowest BCUT2D eigenvalue weighted by Crippen LogP contribution is -2.53. The van der Waals surface area contributed by atoms with E-state index in [1.54, 1.807) is 27.7 Å². The largest absolute Gasteiger partial charge is 0.394 e. The Hall–Kier alpha value is -0.170. The molecule has 0 saturated carbocycles. The molecule has 6 heteroatoms. The van der Waals surface area contributed by atoms with Gasteiger partial charge in [-0.2, -0.15) is 17.0 Å². The van der Waals surface area contributed by atoms with Crippen LogP contribution in [0.3, 0.4) is 0 Å². The molecule has 0 spiro atoms. The third-order valence-electron chi connectivity index (χ3n) is 2.62. The summed E-state index contributed by atoms with van der Waals surface area (Å²) >= 11 is 0. The first-order valence-electron chi connectivity index (χ1n) is 5.09. The lowest BCUT2D eigenvalue weighted by atomic mass is 10.1. The molecule has 0 bridgehead atoms. The van der Waals surface area contributed by atoms with Gasteiger partial charge in [-0.15, -0.1) is 0 Å². The van der Waals surface area contributed by atoms with E-state index in [9.17, 15) is 8.42 Å². The highest BCUT2D eigenvalue weighted by molar-refractivity contribution is 7.86. The minimum Gasteiger partial charge on any atom is -0.394 e. The van der Waals surface area contributed by atoms with E-state index in [-0.39, 0.29) is 6.61 Å². The monoisotopic (exact) mass is 238 g/mol. The highest BCUT2D eigenvalue weighted by Crippen LogP contribution is 2.18. The van der Waals surface area contributed by atoms with E-state index in [1.165, 1.54) is 15.7 Å². The van der Waals surface area contributed by atoms with Crippen LogP contribution < -0.4 is 0 Å². The molecule has 0 aliphatic rings. The van der Waals surface area contributed by atoms with Gasteiger partial charge in [-0.1, -0.05) is 13.8 Å². The number of likely N-dealkylation sites (N-methyl/N-ethyl adjacent to an activating group) is 1. The van der Waals surface area contributed by atoms with E-state index in [0.717, 1.165) is 0 Å². The van der Waals surface area contributed by atoms with Crippen molar-refractivity contribution in [3.63, 3.8) is 0 Å². The Morgan fingerprint density at radius 1 is 1.20 bits per heavy atom. The molecule has 0 fully saturated rings. The van der Waals surface area contributed by atoms with Crippen molar-refractivity contribution in [3.05, 3.63) is 0 Å². The molecule has 0 aromatic rings. The summed E-state index contributed by atoms with van der Waals surface area (Å²) in [5.74, 6) is 0. The average Bonchev–Trinajstić information content (AvgIpc) is 2.18. The number of aliphatic hydroxyl groups is 1. The van der Waals surface area contributed by atoms with Gasteiger partial charge in [-0.25, -0.2) is 0 Å². The van der Waals surface area contributed by atoms with Crippen LogP contribution in [0.1, 0.15) is 27.7 Å². The zero-order valence-electron chi connectivity index (χ0n) is 10.2. The lowest BCUT2D eigenvalue weighted by molar-refractivity contribution is 0.132. The molecular weight excluding hydrogens is 216 g/mol. The topological polar surface area (TPSA) is 60.9 Å². The summed E-state index contributed by atoms with van der Waals surface area (Å²) in [6.07, 6.45) is 0. The van der Waals surface area contributed by atoms with Gasteiger partial charge < -0.3 is 5.11 Å². The zero-order valence-corrected chi connectivity index (χ0v) is 11.0. The first-order valence-corrected chi connectivity index (χ1v) is 6.48. The predicted molar refractivity (Wildman–Crippen MR) is 60.8 cm³/mol. The van der Waals surface area contributed by atoms with Gasteiger partial charge in [0.25, 0.3) is 10.2 Å². The van der Waals surface area contributed by atoms with Crippen LogP contribution in [0.15, 0.2) is 0 Å². The van der Waals surface area contributed by atoms with Crippen LogP contribution in [0.4, 0.5) is 0 Å². The lowest BCUT2D eigenvalue weighted by Gasteiger charge is -2.36. The van der Waals surface area contributed by atoms with E-state index < -0.39 is 15.7 Å². The Morgan fingerprint density at radius 3 is 1.87 bits per heavy atom. The molecule has 0 rings (SSSR count). The molecule has 0 saturated heterocycles. The maximum atomic E-state index is 12.0. The Balaban J connectivity index is 5.04. The molecule has 0 aromatic carbocycles. The standard InChI is InChI=1S/C9H22N2O3S/c1-6-11(7-2)15(13,14)10(5)9(3,4)8-12/h12H,6-8H2,1-5H3. The molecule has 0 atom stereocenters. The highest BCUT2D eigenvalue weighted by Gasteiger charge is 2.35. The highest BCUT2D eigenvalue weighted by atomic mass is 32.2. The molecule has 1 N–H and O–H groups in total. The molecular formula is C9H22N2O3S. The van der Waals surface area contributed by atoms with E-state index in [2.05, 4.69) is 0 Å². The van der Waals surface area contributed by atoms with Crippen molar-refractivity contribution in [3.8, 4) is 0 Å². The third-order valence-corrected chi connectivity index (χ3v) is 4.97. The Bertz CT molecular complexity index is 284. The fourth-order valence-corrected chi connectivity index (χ4v) is 2.82. The maximum absolute atomic E-state index is 12.0. The number of hydrogen-bond donors (Lipinski definition) is 1. The second-order valence-corrected chi connectivity index (χ2v) is 5.99. The van der Waals surface area contributed by atoms with Gasteiger partial charge in [-0.05, 0) is 13.8 Å². The van der Waals surface area contributed by atoms with Crippen molar-refractivity contribution in [1.29, 1.82) is 0 Å². The summed E-state index contributed by atoms with van der Waals surface area (Å²) in [7, 11) is -1.97.